The van der Waals surface area contributed by atoms with Gasteiger partial charge in [-0.05, 0) is 37.0 Å². The molecule has 1 unspecified atom stereocenters. The molecule has 1 heterocycles. The Hall–Kier alpha value is -0.600. The standard InChI is InChI=1S/C13H16ClFO/c14-9-13(5-2-6-16-10-13)8-11-3-1-4-12(15)7-11/h1,3-4,7H,2,5-6,8-10H2. The van der Waals surface area contributed by atoms with Gasteiger partial charge in [0.25, 0.3) is 0 Å². The Labute approximate surface area is 101 Å². The van der Waals surface area contributed by atoms with Crippen molar-refractivity contribution in [3.8, 4) is 0 Å². The van der Waals surface area contributed by atoms with Crippen LogP contribution in [0.2, 0.25) is 0 Å². The molecule has 3 heteroatoms. The van der Waals surface area contributed by atoms with E-state index in [4.69, 9.17) is 16.3 Å². The van der Waals surface area contributed by atoms with E-state index in [0.717, 1.165) is 31.4 Å². The molecule has 1 fully saturated rings. The normalized spacial score (nSPS) is 25.6. The highest BCUT2D eigenvalue weighted by molar-refractivity contribution is 6.18. The summed E-state index contributed by atoms with van der Waals surface area (Å²) >= 11 is 6.05. The van der Waals surface area contributed by atoms with Gasteiger partial charge in [-0.3, -0.25) is 0 Å². The van der Waals surface area contributed by atoms with Gasteiger partial charge in [-0.2, -0.15) is 0 Å². The molecular formula is C13H16ClFO. The van der Waals surface area contributed by atoms with Crippen molar-refractivity contribution >= 4 is 11.6 Å². The Morgan fingerprint density at radius 2 is 2.31 bits per heavy atom. The zero-order chi connectivity index (χ0) is 11.4. The number of benzene rings is 1. The summed E-state index contributed by atoms with van der Waals surface area (Å²) in [4.78, 5) is 0. The molecule has 1 aromatic carbocycles. The zero-order valence-electron chi connectivity index (χ0n) is 9.22. The summed E-state index contributed by atoms with van der Waals surface area (Å²) in [6.45, 7) is 1.51. The maximum Gasteiger partial charge on any atom is 0.123 e. The lowest BCUT2D eigenvalue weighted by Crippen LogP contribution is -2.35. The van der Waals surface area contributed by atoms with E-state index < -0.39 is 0 Å². The molecule has 0 radical (unpaired) electrons. The van der Waals surface area contributed by atoms with Crippen LogP contribution < -0.4 is 0 Å². The van der Waals surface area contributed by atoms with Gasteiger partial charge in [0.05, 0.1) is 6.61 Å². The highest BCUT2D eigenvalue weighted by Gasteiger charge is 2.32. The highest BCUT2D eigenvalue weighted by Crippen LogP contribution is 2.33. The summed E-state index contributed by atoms with van der Waals surface area (Å²) in [6.07, 6.45) is 2.91. The van der Waals surface area contributed by atoms with Crippen molar-refractivity contribution in [3.63, 3.8) is 0 Å². The van der Waals surface area contributed by atoms with Crippen LogP contribution in [0.15, 0.2) is 24.3 Å². The van der Waals surface area contributed by atoms with Crippen molar-refractivity contribution in [2.45, 2.75) is 19.3 Å². The Bertz CT molecular complexity index is 348. The highest BCUT2D eigenvalue weighted by atomic mass is 35.5. The molecule has 1 saturated heterocycles. The molecule has 0 N–H and O–H groups in total. The number of rotatable bonds is 3. The average molecular weight is 243 g/mol. The Balaban J connectivity index is 2.11. The fourth-order valence-electron chi connectivity index (χ4n) is 2.28. The van der Waals surface area contributed by atoms with Crippen LogP contribution in [0.4, 0.5) is 4.39 Å². The molecule has 1 aliphatic heterocycles. The molecule has 0 saturated carbocycles. The molecule has 16 heavy (non-hydrogen) atoms. The van der Waals surface area contributed by atoms with Crippen molar-refractivity contribution in [2.75, 3.05) is 19.1 Å². The number of ether oxygens (including phenoxy) is 1. The first-order chi connectivity index (χ1) is 7.74. The van der Waals surface area contributed by atoms with E-state index in [1.807, 2.05) is 6.07 Å². The summed E-state index contributed by atoms with van der Waals surface area (Å²) < 4.78 is 18.6. The molecule has 1 atom stereocenters. The van der Waals surface area contributed by atoms with Crippen LogP contribution in [-0.2, 0) is 11.2 Å². The van der Waals surface area contributed by atoms with Crippen molar-refractivity contribution in [2.24, 2.45) is 5.41 Å². The third-order valence-electron chi connectivity index (χ3n) is 3.16. The second-order valence-electron chi connectivity index (χ2n) is 4.60. The number of hydrogen-bond acceptors (Lipinski definition) is 1. The molecule has 88 valence electrons. The first-order valence-corrected chi connectivity index (χ1v) is 6.16. The number of halogens is 2. The van der Waals surface area contributed by atoms with Crippen LogP contribution in [0, 0.1) is 11.2 Å². The SMILES string of the molecule is Fc1cccc(CC2(CCl)CCCOC2)c1. The quantitative estimate of drug-likeness (QED) is 0.739. The molecule has 0 aromatic heterocycles. The van der Waals surface area contributed by atoms with Crippen molar-refractivity contribution < 1.29 is 9.13 Å². The lowest BCUT2D eigenvalue weighted by Gasteiger charge is -2.35. The van der Waals surface area contributed by atoms with E-state index in [0.29, 0.717) is 12.5 Å². The second kappa shape index (κ2) is 5.15. The van der Waals surface area contributed by atoms with E-state index in [-0.39, 0.29) is 11.2 Å². The lowest BCUT2D eigenvalue weighted by molar-refractivity contribution is 0.00475. The monoisotopic (exact) mass is 242 g/mol. The molecular weight excluding hydrogens is 227 g/mol. The molecule has 0 aliphatic carbocycles. The number of alkyl halides is 1. The van der Waals surface area contributed by atoms with Crippen LogP contribution in [0.5, 0.6) is 0 Å². The van der Waals surface area contributed by atoms with Gasteiger partial charge in [0, 0.05) is 17.9 Å². The van der Waals surface area contributed by atoms with Crippen LogP contribution in [-0.4, -0.2) is 19.1 Å². The first-order valence-electron chi connectivity index (χ1n) is 5.62. The van der Waals surface area contributed by atoms with Crippen molar-refractivity contribution in [3.05, 3.63) is 35.6 Å². The van der Waals surface area contributed by atoms with Crippen molar-refractivity contribution in [1.29, 1.82) is 0 Å². The molecule has 2 rings (SSSR count). The van der Waals surface area contributed by atoms with E-state index in [1.54, 1.807) is 12.1 Å². The Morgan fingerprint density at radius 1 is 1.44 bits per heavy atom. The largest absolute Gasteiger partial charge is 0.381 e. The second-order valence-corrected chi connectivity index (χ2v) is 4.86. The maximum atomic E-state index is 13.1. The molecule has 0 spiro atoms. The van der Waals surface area contributed by atoms with E-state index in [1.165, 1.54) is 6.07 Å². The zero-order valence-corrected chi connectivity index (χ0v) is 9.97. The van der Waals surface area contributed by atoms with Crippen molar-refractivity contribution in [1.82, 2.24) is 0 Å². The van der Waals surface area contributed by atoms with Gasteiger partial charge in [-0.15, -0.1) is 11.6 Å². The number of hydrogen-bond donors (Lipinski definition) is 0. The van der Waals surface area contributed by atoms with E-state index in [2.05, 4.69) is 0 Å². The fraction of sp³-hybridized carbons (Fsp3) is 0.538. The maximum absolute atomic E-state index is 13.1. The Morgan fingerprint density at radius 3 is 2.94 bits per heavy atom. The van der Waals surface area contributed by atoms with Crippen LogP contribution in [0.25, 0.3) is 0 Å². The minimum Gasteiger partial charge on any atom is -0.381 e. The van der Waals surface area contributed by atoms with Gasteiger partial charge in [-0.25, -0.2) is 4.39 Å². The molecule has 1 aliphatic rings. The third-order valence-corrected chi connectivity index (χ3v) is 3.72. The van der Waals surface area contributed by atoms with Gasteiger partial charge in [0.2, 0.25) is 0 Å². The van der Waals surface area contributed by atoms with Crippen LogP contribution in [0.3, 0.4) is 0 Å². The van der Waals surface area contributed by atoms with E-state index >= 15 is 0 Å². The molecule has 1 aromatic rings. The molecule has 0 amide bonds. The molecule has 1 nitrogen and oxygen atoms in total. The van der Waals surface area contributed by atoms with E-state index in [9.17, 15) is 4.39 Å². The fourth-order valence-corrected chi connectivity index (χ4v) is 2.59. The predicted molar refractivity (Wildman–Crippen MR) is 63.3 cm³/mol. The smallest absolute Gasteiger partial charge is 0.123 e. The topological polar surface area (TPSA) is 9.23 Å². The summed E-state index contributed by atoms with van der Waals surface area (Å²) in [6, 6.07) is 6.75. The van der Waals surface area contributed by atoms with Crippen LogP contribution >= 0.6 is 11.6 Å². The van der Waals surface area contributed by atoms with Gasteiger partial charge in [-0.1, -0.05) is 12.1 Å². The summed E-state index contributed by atoms with van der Waals surface area (Å²) in [5.41, 5.74) is 0.999. The van der Waals surface area contributed by atoms with Gasteiger partial charge >= 0.3 is 0 Å². The van der Waals surface area contributed by atoms with Crippen LogP contribution in [0.1, 0.15) is 18.4 Å². The summed E-state index contributed by atoms with van der Waals surface area (Å²) in [5.74, 6) is 0.391. The Kier molecular flexibility index (Phi) is 3.82. The molecule has 0 bridgehead atoms. The van der Waals surface area contributed by atoms with Gasteiger partial charge in [0.15, 0.2) is 0 Å². The minimum absolute atomic E-state index is 0.00635. The van der Waals surface area contributed by atoms with Gasteiger partial charge < -0.3 is 4.74 Å². The summed E-state index contributed by atoms with van der Waals surface area (Å²) in [5, 5.41) is 0. The third kappa shape index (κ3) is 2.74. The predicted octanol–water partition coefficient (Wildman–Crippen LogP) is 3.40. The average Bonchev–Trinajstić information content (AvgIpc) is 2.30. The lowest BCUT2D eigenvalue weighted by atomic mass is 9.79. The first kappa shape index (κ1) is 11.9. The minimum atomic E-state index is -0.182. The van der Waals surface area contributed by atoms with Gasteiger partial charge in [0.1, 0.15) is 5.82 Å². The summed E-state index contributed by atoms with van der Waals surface area (Å²) in [7, 11) is 0.